The molecule has 0 aromatic rings. The molecule has 0 N–H and O–H groups in total. The van der Waals surface area contributed by atoms with Gasteiger partial charge in [-0.15, -0.1) is 0 Å². The molecule has 0 spiro atoms. The smallest absolute Gasteiger partial charge is 0.0404 e. The van der Waals surface area contributed by atoms with Crippen LogP contribution in [0.25, 0.3) is 0 Å². The van der Waals surface area contributed by atoms with Crippen LogP contribution in [-0.2, 0) is 0 Å². The molecule has 0 fully saturated rings. The summed E-state index contributed by atoms with van der Waals surface area (Å²) in [6.07, 6.45) is 7.79. The standard InChI is InChI=1S/2C8H12/c2*1-7(2)5-6-8(3)4/h2*5-6H,1,3H2,2,4H3/b2*6-5-. The summed E-state index contributed by atoms with van der Waals surface area (Å²) >= 11 is 0. The normalized spacial score (nSPS) is 9.75. The first-order valence-corrected chi connectivity index (χ1v) is 5.24. The average Bonchev–Trinajstić information content (AvgIpc) is 2.12. The average molecular weight is 216 g/mol. The monoisotopic (exact) mass is 216 g/mol. The lowest BCUT2D eigenvalue weighted by Crippen LogP contribution is -1.62. The predicted molar refractivity (Wildman–Crippen MR) is 77.5 cm³/mol. The maximum atomic E-state index is 3.70. The van der Waals surface area contributed by atoms with Crippen molar-refractivity contribution in [2.75, 3.05) is 0 Å². The molecule has 0 rings (SSSR count). The molecule has 0 aliphatic rings. The Balaban J connectivity index is 0. The molecule has 88 valence electrons. The van der Waals surface area contributed by atoms with E-state index in [0.29, 0.717) is 0 Å². The second-order valence-corrected chi connectivity index (χ2v) is 4.05. The summed E-state index contributed by atoms with van der Waals surface area (Å²) in [4.78, 5) is 0. The maximum Gasteiger partial charge on any atom is -0.0404 e. The molecule has 0 unspecified atom stereocenters. The highest BCUT2D eigenvalue weighted by molar-refractivity contribution is 5.21. The number of hydrogen-bond acceptors (Lipinski definition) is 0. The fourth-order valence-electron chi connectivity index (χ4n) is 0.569. The largest absolute Gasteiger partial charge is 0.0961 e. The van der Waals surface area contributed by atoms with Crippen LogP contribution in [-0.4, -0.2) is 0 Å². The fourth-order valence-corrected chi connectivity index (χ4v) is 0.569. The molecule has 0 aliphatic heterocycles. The third-order valence-electron chi connectivity index (χ3n) is 1.30. The molecule has 0 atom stereocenters. The molecule has 0 amide bonds. The first-order chi connectivity index (χ1) is 7.25. The number of allylic oxidation sites excluding steroid dienone is 8. The third kappa shape index (κ3) is 22.9. The maximum absolute atomic E-state index is 3.70. The molecule has 0 nitrogen and oxygen atoms in total. The summed E-state index contributed by atoms with van der Waals surface area (Å²) in [7, 11) is 0. The molecule has 0 saturated heterocycles. The van der Waals surface area contributed by atoms with E-state index in [1.54, 1.807) is 0 Å². The van der Waals surface area contributed by atoms with Crippen molar-refractivity contribution in [2.45, 2.75) is 27.7 Å². The summed E-state index contributed by atoms with van der Waals surface area (Å²) in [6, 6.07) is 0. The third-order valence-corrected chi connectivity index (χ3v) is 1.30. The molecule has 0 radical (unpaired) electrons. The van der Waals surface area contributed by atoms with Gasteiger partial charge in [-0.3, -0.25) is 0 Å². The minimum atomic E-state index is 1.06. The summed E-state index contributed by atoms with van der Waals surface area (Å²) in [5.41, 5.74) is 4.25. The first kappa shape index (κ1) is 16.9. The zero-order chi connectivity index (χ0) is 13.1. The van der Waals surface area contributed by atoms with Crippen LogP contribution in [0.5, 0.6) is 0 Å². The van der Waals surface area contributed by atoms with E-state index in [1.165, 1.54) is 0 Å². The van der Waals surface area contributed by atoms with Crippen molar-refractivity contribution in [1.29, 1.82) is 0 Å². The van der Waals surface area contributed by atoms with E-state index in [-0.39, 0.29) is 0 Å². The van der Waals surface area contributed by atoms with E-state index >= 15 is 0 Å². The van der Waals surface area contributed by atoms with Gasteiger partial charge in [-0.1, -0.05) is 72.9 Å². The molecule has 0 heterocycles. The fraction of sp³-hybridized carbons (Fsp3) is 0.250. The summed E-state index contributed by atoms with van der Waals surface area (Å²) in [5, 5.41) is 0. The Labute approximate surface area is 101 Å². The van der Waals surface area contributed by atoms with Gasteiger partial charge in [-0.25, -0.2) is 0 Å². The van der Waals surface area contributed by atoms with E-state index < -0.39 is 0 Å². The van der Waals surface area contributed by atoms with Crippen molar-refractivity contribution in [3.05, 3.63) is 72.9 Å². The van der Waals surface area contributed by atoms with Gasteiger partial charge in [-0.05, 0) is 27.7 Å². The van der Waals surface area contributed by atoms with Gasteiger partial charge in [0, 0.05) is 0 Å². The Morgan fingerprint density at radius 2 is 0.625 bits per heavy atom. The van der Waals surface area contributed by atoms with Crippen LogP contribution in [0.4, 0.5) is 0 Å². The summed E-state index contributed by atoms with van der Waals surface area (Å²) in [6.45, 7) is 22.6. The van der Waals surface area contributed by atoms with Crippen LogP contribution in [0, 0.1) is 0 Å². The molecular formula is C16H24. The van der Waals surface area contributed by atoms with Gasteiger partial charge in [0.15, 0.2) is 0 Å². The van der Waals surface area contributed by atoms with Crippen molar-refractivity contribution in [1.82, 2.24) is 0 Å². The number of rotatable bonds is 4. The van der Waals surface area contributed by atoms with Gasteiger partial charge in [0.2, 0.25) is 0 Å². The topological polar surface area (TPSA) is 0 Å². The van der Waals surface area contributed by atoms with Crippen LogP contribution in [0.2, 0.25) is 0 Å². The Bertz CT molecular complexity index is 256. The van der Waals surface area contributed by atoms with Crippen molar-refractivity contribution in [2.24, 2.45) is 0 Å². The highest BCUT2D eigenvalue weighted by atomic mass is 13.8. The highest BCUT2D eigenvalue weighted by Gasteiger charge is 1.73. The molecule has 0 heteroatoms. The second kappa shape index (κ2) is 9.97. The number of hydrogen-bond donors (Lipinski definition) is 0. The van der Waals surface area contributed by atoms with Crippen LogP contribution in [0.3, 0.4) is 0 Å². The van der Waals surface area contributed by atoms with E-state index in [4.69, 9.17) is 0 Å². The van der Waals surface area contributed by atoms with Crippen molar-refractivity contribution in [3.8, 4) is 0 Å². The molecule has 16 heavy (non-hydrogen) atoms. The molecule has 0 aromatic carbocycles. The van der Waals surface area contributed by atoms with Crippen LogP contribution < -0.4 is 0 Å². The first-order valence-electron chi connectivity index (χ1n) is 5.24. The van der Waals surface area contributed by atoms with Crippen LogP contribution >= 0.6 is 0 Å². The Hall–Kier alpha value is -1.56. The molecular weight excluding hydrogens is 192 g/mol. The molecule has 0 aromatic heterocycles. The van der Waals surface area contributed by atoms with Gasteiger partial charge in [0.05, 0.1) is 0 Å². The van der Waals surface area contributed by atoms with Crippen molar-refractivity contribution in [3.63, 3.8) is 0 Å². The summed E-state index contributed by atoms with van der Waals surface area (Å²) in [5.74, 6) is 0. The van der Waals surface area contributed by atoms with Gasteiger partial charge >= 0.3 is 0 Å². The molecule has 0 saturated carbocycles. The van der Waals surface area contributed by atoms with Gasteiger partial charge < -0.3 is 0 Å². The van der Waals surface area contributed by atoms with Gasteiger partial charge in [0.25, 0.3) is 0 Å². The van der Waals surface area contributed by atoms with E-state index in [1.807, 2.05) is 52.0 Å². The molecule has 0 aliphatic carbocycles. The second-order valence-electron chi connectivity index (χ2n) is 4.05. The zero-order valence-electron chi connectivity index (χ0n) is 11.1. The van der Waals surface area contributed by atoms with E-state index in [2.05, 4.69) is 26.3 Å². The van der Waals surface area contributed by atoms with Crippen molar-refractivity contribution >= 4 is 0 Å². The Morgan fingerprint density at radius 1 is 0.500 bits per heavy atom. The lowest BCUT2D eigenvalue weighted by Gasteiger charge is -1.84. The zero-order valence-corrected chi connectivity index (χ0v) is 11.1. The minimum absolute atomic E-state index is 1.06. The van der Waals surface area contributed by atoms with Gasteiger partial charge in [-0.2, -0.15) is 0 Å². The molecule has 0 bridgehead atoms. The lowest BCUT2D eigenvalue weighted by molar-refractivity contribution is 1.50. The lowest BCUT2D eigenvalue weighted by atomic mass is 10.2. The quantitative estimate of drug-likeness (QED) is 0.553. The minimum Gasteiger partial charge on any atom is -0.0961 e. The van der Waals surface area contributed by atoms with E-state index in [9.17, 15) is 0 Å². The Morgan fingerprint density at radius 3 is 0.688 bits per heavy atom. The van der Waals surface area contributed by atoms with Crippen LogP contribution in [0.15, 0.2) is 72.9 Å². The Kier molecular flexibility index (Phi) is 10.5. The van der Waals surface area contributed by atoms with E-state index in [0.717, 1.165) is 22.3 Å². The highest BCUT2D eigenvalue weighted by Crippen LogP contribution is 1.94. The van der Waals surface area contributed by atoms with Crippen molar-refractivity contribution < 1.29 is 0 Å². The van der Waals surface area contributed by atoms with Crippen LogP contribution in [0.1, 0.15) is 27.7 Å². The summed E-state index contributed by atoms with van der Waals surface area (Å²) < 4.78 is 0. The van der Waals surface area contributed by atoms with Gasteiger partial charge in [0.1, 0.15) is 0 Å². The SMILES string of the molecule is C=C(C)/C=C\C(=C)C.C=C(C)/C=C\C(=C)C. The predicted octanol–water partition coefficient (Wildman–Crippen LogP) is 5.39.